The SMILES string of the molecule is CCOc1cc(C#N)c([N+](=O)[O-])cc1C(C)=O. The lowest BCUT2D eigenvalue weighted by molar-refractivity contribution is -0.385. The number of hydrogen-bond donors (Lipinski definition) is 0. The lowest BCUT2D eigenvalue weighted by Gasteiger charge is -2.08. The van der Waals surface area contributed by atoms with E-state index in [-0.39, 0.29) is 28.3 Å². The van der Waals surface area contributed by atoms with Crippen molar-refractivity contribution in [3.63, 3.8) is 0 Å². The molecule has 17 heavy (non-hydrogen) atoms. The Bertz CT molecular complexity index is 517. The predicted octanol–water partition coefficient (Wildman–Crippen LogP) is 2.07. The number of ketones is 1. The number of carbonyl (C=O) groups is 1. The average Bonchev–Trinajstić information content (AvgIpc) is 2.28. The highest BCUT2D eigenvalue weighted by Gasteiger charge is 2.20. The number of ether oxygens (including phenoxy) is 1. The first-order chi connectivity index (χ1) is 8.01. The van der Waals surface area contributed by atoms with Crippen LogP contribution in [0.15, 0.2) is 12.1 Å². The van der Waals surface area contributed by atoms with Crippen LogP contribution in [0, 0.1) is 21.4 Å². The highest BCUT2D eigenvalue weighted by molar-refractivity contribution is 5.97. The second kappa shape index (κ2) is 5.07. The van der Waals surface area contributed by atoms with Gasteiger partial charge in [0.25, 0.3) is 5.69 Å². The van der Waals surface area contributed by atoms with Crippen molar-refractivity contribution < 1.29 is 14.5 Å². The molecule has 0 aliphatic carbocycles. The Balaban J connectivity index is 3.49. The zero-order valence-electron chi connectivity index (χ0n) is 9.39. The molecule has 0 spiro atoms. The van der Waals surface area contributed by atoms with Gasteiger partial charge in [-0.15, -0.1) is 0 Å². The van der Waals surface area contributed by atoms with Gasteiger partial charge in [-0.1, -0.05) is 0 Å². The van der Waals surface area contributed by atoms with E-state index in [0.29, 0.717) is 6.61 Å². The molecular formula is C11H10N2O4. The maximum atomic E-state index is 11.3. The number of nitro groups is 1. The Labute approximate surface area is 97.6 Å². The summed E-state index contributed by atoms with van der Waals surface area (Å²) in [4.78, 5) is 21.4. The average molecular weight is 234 g/mol. The molecule has 0 radical (unpaired) electrons. The summed E-state index contributed by atoms with van der Waals surface area (Å²) in [7, 11) is 0. The van der Waals surface area contributed by atoms with Crippen LogP contribution in [0.1, 0.15) is 29.8 Å². The largest absolute Gasteiger partial charge is 0.493 e. The van der Waals surface area contributed by atoms with E-state index in [2.05, 4.69) is 0 Å². The highest BCUT2D eigenvalue weighted by atomic mass is 16.6. The molecule has 0 aliphatic rings. The second-order valence-corrected chi connectivity index (χ2v) is 3.22. The van der Waals surface area contributed by atoms with E-state index in [1.807, 2.05) is 0 Å². The maximum Gasteiger partial charge on any atom is 0.288 e. The van der Waals surface area contributed by atoms with Crippen molar-refractivity contribution in [3.8, 4) is 11.8 Å². The van der Waals surface area contributed by atoms with Gasteiger partial charge in [-0.2, -0.15) is 5.26 Å². The molecule has 1 rings (SSSR count). The minimum absolute atomic E-state index is 0.109. The predicted molar refractivity (Wildman–Crippen MR) is 59.0 cm³/mol. The van der Waals surface area contributed by atoms with E-state index in [0.717, 1.165) is 6.07 Å². The van der Waals surface area contributed by atoms with Crippen LogP contribution in [0.2, 0.25) is 0 Å². The normalized spacial score (nSPS) is 9.47. The first kappa shape index (κ1) is 12.6. The van der Waals surface area contributed by atoms with Gasteiger partial charge in [-0.25, -0.2) is 0 Å². The van der Waals surface area contributed by atoms with Crippen LogP contribution in [-0.2, 0) is 0 Å². The topological polar surface area (TPSA) is 93.2 Å². The summed E-state index contributed by atoms with van der Waals surface area (Å²) in [5.74, 6) is -0.150. The first-order valence-electron chi connectivity index (χ1n) is 4.87. The van der Waals surface area contributed by atoms with Crippen molar-refractivity contribution >= 4 is 11.5 Å². The van der Waals surface area contributed by atoms with E-state index in [1.165, 1.54) is 13.0 Å². The third kappa shape index (κ3) is 2.58. The van der Waals surface area contributed by atoms with Crippen LogP contribution in [0.3, 0.4) is 0 Å². The molecule has 0 aromatic heterocycles. The minimum Gasteiger partial charge on any atom is -0.493 e. The highest BCUT2D eigenvalue weighted by Crippen LogP contribution is 2.28. The summed E-state index contributed by atoms with van der Waals surface area (Å²) in [6, 6.07) is 4.00. The van der Waals surface area contributed by atoms with Gasteiger partial charge in [0.15, 0.2) is 5.78 Å². The van der Waals surface area contributed by atoms with Gasteiger partial charge in [0.1, 0.15) is 17.4 Å². The van der Waals surface area contributed by atoms with Gasteiger partial charge in [-0.05, 0) is 13.8 Å². The zero-order valence-corrected chi connectivity index (χ0v) is 9.39. The molecule has 0 saturated heterocycles. The van der Waals surface area contributed by atoms with E-state index in [9.17, 15) is 14.9 Å². The molecule has 0 amide bonds. The fourth-order valence-corrected chi connectivity index (χ4v) is 1.36. The quantitative estimate of drug-likeness (QED) is 0.451. The van der Waals surface area contributed by atoms with Gasteiger partial charge in [0.2, 0.25) is 0 Å². The first-order valence-corrected chi connectivity index (χ1v) is 4.87. The van der Waals surface area contributed by atoms with E-state index >= 15 is 0 Å². The molecule has 0 N–H and O–H groups in total. The Morgan fingerprint density at radius 2 is 2.24 bits per heavy atom. The molecule has 6 heteroatoms. The summed E-state index contributed by atoms with van der Waals surface area (Å²) in [5.41, 5.74) is -0.401. The second-order valence-electron chi connectivity index (χ2n) is 3.22. The van der Waals surface area contributed by atoms with Crippen LogP contribution in [0.25, 0.3) is 0 Å². The van der Waals surface area contributed by atoms with Crippen LogP contribution in [0.4, 0.5) is 5.69 Å². The fourth-order valence-electron chi connectivity index (χ4n) is 1.36. The van der Waals surface area contributed by atoms with E-state index in [1.54, 1.807) is 13.0 Å². The number of nitro benzene ring substituents is 1. The Morgan fingerprint density at radius 3 is 2.65 bits per heavy atom. The van der Waals surface area contributed by atoms with Gasteiger partial charge in [0.05, 0.1) is 17.1 Å². The number of rotatable bonds is 4. The summed E-state index contributed by atoms with van der Waals surface area (Å²) < 4.78 is 5.18. The van der Waals surface area contributed by atoms with Crippen LogP contribution >= 0.6 is 0 Å². The van der Waals surface area contributed by atoms with Gasteiger partial charge in [0, 0.05) is 12.1 Å². The number of nitrogens with zero attached hydrogens (tertiary/aromatic N) is 2. The zero-order chi connectivity index (χ0) is 13.0. The molecule has 6 nitrogen and oxygen atoms in total. The van der Waals surface area contributed by atoms with E-state index < -0.39 is 4.92 Å². The van der Waals surface area contributed by atoms with Gasteiger partial charge < -0.3 is 4.74 Å². The van der Waals surface area contributed by atoms with Crippen molar-refractivity contribution in [2.75, 3.05) is 6.61 Å². The lowest BCUT2D eigenvalue weighted by atomic mass is 10.1. The number of carbonyl (C=O) groups excluding carboxylic acids is 1. The van der Waals surface area contributed by atoms with Crippen molar-refractivity contribution in [1.29, 1.82) is 5.26 Å². The van der Waals surface area contributed by atoms with Gasteiger partial charge >= 0.3 is 0 Å². The Kier molecular flexibility index (Phi) is 3.78. The molecule has 88 valence electrons. The number of benzene rings is 1. The third-order valence-corrected chi connectivity index (χ3v) is 2.09. The van der Waals surface area contributed by atoms with E-state index in [4.69, 9.17) is 10.00 Å². The molecule has 0 aliphatic heterocycles. The molecule has 1 aromatic carbocycles. The van der Waals surface area contributed by atoms with Crippen molar-refractivity contribution in [1.82, 2.24) is 0 Å². The smallest absolute Gasteiger partial charge is 0.288 e. The Hall–Kier alpha value is -2.42. The standard InChI is InChI=1S/C11H10N2O4/c1-3-17-11-4-8(6-12)10(13(15)16)5-9(11)7(2)14/h4-5H,3H2,1-2H3. The third-order valence-electron chi connectivity index (χ3n) is 2.09. The molecule has 0 heterocycles. The molecule has 0 unspecified atom stereocenters. The molecule has 0 atom stereocenters. The summed E-state index contributed by atoms with van der Waals surface area (Å²) in [5, 5.41) is 19.5. The summed E-state index contributed by atoms with van der Waals surface area (Å²) in [6.07, 6.45) is 0. The fraction of sp³-hybridized carbons (Fsp3) is 0.273. The minimum atomic E-state index is -0.694. The summed E-state index contributed by atoms with van der Waals surface area (Å²) in [6.45, 7) is 3.31. The summed E-state index contributed by atoms with van der Waals surface area (Å²) >= 11 is 0. The molecule has 0 bridgehead atoms. The van der Waals surface area contributed by atoms with Crippen molar-refractivity contribution in [2.24, 2.45) is 0 Å². The maximum absolute atomic E-state index is 11.3. The van der Waals surface area contributed by atoms with Gasteiger partial charge in [-0.3, -0.25) is 14.9 Å². The number of nitriles is 1. The van der Waals surface area contributed by atoms with Crippen LogP contribution in [-0.4, -0.2) is 17.3 Å². The molecular weight excluding hydrogens is 224 g/mol. The molecule has 0 saturated carbocycles. The van der Waals surface area contributed by atoms with Crippen molar-refractivity contribution in [3.05, 3.63) is 33.4 Å². The number of hydrogen-bond acceptors (Lipinski definition) is 5. The molecule has 1 aromatic rings. The van der Waals surface area contributed by atoms with Crippen LogP contribution in [0.5, 0.6) is 5.75 Å². The Morgan fingerprint density at radius 1 is 1.59 bits per heavy atom. The van der Waals surface area contributed by atoms with Crippen molar-refractivity contribution in [2.45, 2.75) is 13.8 Å². The monoisotopic (exact) mass is 234 g/mol. The lowest BCUT2D eigenvalue weighted by Crippen LogP contribution is -2.03. The molecule has 0 fully saturated rings. The number of Topliss-reactive ketones (excluding diaryl/α,β-unsaturated/α-hetero) is 1. The van der Waals surface area contributed by atoms with Crippen LogP contribution < -0.4 is 4.74 Å².